The topological polar surface area (TPSA) is 86.6 Å². The van der Waals surface area contributed by atoms with E-state index >= 15 is 0 Å². The van der Waals surface area contributed by atoms with Crippen LogP contribution < -0.4 is 15.6 Å². The average Bonchev–Trinajstić information content (AvgIpc) is 2.77. The van der Waals surface area contributed by atoms with E-state index in [0.29, 0.717) is 5.56 Å². The second-order valence-electron chi connectivity index (χ2n) is 6.32. The molecule has 0 aliphatic carbocycles. The lowest BCUT2D eigenvalue weighted by atomic mass is 10.2. The van der Waals surface area contributed by atoms with Gasteiger partial charge in [-0.1, -0.05) is 42.5 Å². The standard InChI is InChI=1S/C22H19FN2O5/c1-29-22(28)19-11-20(26)18(13-25(19)30-14-16-5-3-2-4-6-16)21(27)24-12-15-7-9-17(23)10-8-15/h2-11,13H,12,14H2,1H3,(H,24,27). The zero-order valence-electron chi connectivity index (χ0n) is 16.1. The van der Waals surface area contributed by atoms with Crippen LogP contribution in [-0.4, -0.2) is 23.7 Å². The lowest BCUT2D eigenvalue weighted by Gasteiger charge is -2.15. The molecule has 0 spiro atoms. The van der Waals surface area contributed by atoms with Gasteiger partial charge in [0.1, 0.15) is 18.0 Å². The molecule has 0 fully saturated rings. The number of hydrogen-bond donors (Lipinski definition) is 1. The number of nitrogens with zero attached hydrogens (tertiary/aromatic N) is 1. The van der Waals surface area contributed by atoms with Crippen molar-refractivity contribution in [1.82, 2.24) is 10.0 Å². The SMILES string of the molecule is COC(=O)c1cc(=O)c(C(=O)NCc2ccc(F)cc2)cn1OCc1ccccc1. The summed E-state index contributed by atoms with van der Waals surface area (Å²) >= 11 is 0. The summed E-state index contributed by atoms with van der Waals surface area (Å²) in [6.07, 6.45) is 1.15. The summed E-state index contributed by atoms with van der Waals surface area (Å²) in [7, 11) is 1.18. The summed E-state index contributed by atoms with van der Waals surface area (Å²) in [5.41, 5.74) is 0.476. The minimum Gasteiger partial charge on any atom is -0.464 e. The molecule has 7 nitrogen and oxygen atoms in total. The number of pyridine rings is 1. The van der Waals surface area contributed by atoms with E-state index in [-0.39, 0.29) is 30.2 Å². The van der Waals surface area contributed by atoms with E-state index in [9.17, 15) is 18.8 Å². The first kappa shape index (κ1) is 20.8. The number of rotatable bonds is 7. The fourth-order valence-corrected chi connectivity index (χ4v) is 2.64. The minimum absolute atomic E-state index is 0.0994. The largest absolute Gasteiger partial charge is 0.464 e. The fraction of sp³-hybridized carbons (Fsp3) is 0.136. The van der Waals surface area contributed by atoms with E-state index in [1.165, 1.54) is 31.4 Å². The molecule has 0 unspecified atom stereocenters. The number of carbonyl (C=O) groups excluding carboxylic acids is 2. The molecule has 0 saturated carbocycles. The molecule has 0 aliphatic rings. The van der Waals surface area contributed by atoms with Gasteiger partial charge in [0.05, 0.1) is 13.3 Å². The van der Waals surface area contributed by atoms with Crippen LogP contribution in [0.3, 0.4) is 0 Å². The van der Waals surface area contributed by atoms with Gasteiger partial charge in [-0.25, -0.2) is 9.18 Å². The summed E-state index contributed by atoms with van der Waals surface area (Å²) in [5.74, 6) is -1.82. The molecule has 1 heterocycles. The molecule has 0 radical (unpaired) electrons. The Balaban J connectivity index is 1.82. The van der Waals surface area contributed by atoms with Crippen molar-refractivity contribution in [1.29, 1.82) is 0 Å². The van der Waals surface area contributed by atoms with E-state index in [4.69, 9.17) is 4.84 Å². The van der Waals surface area contributed by atoms with Crippen molar-refractivity contribution in [3.8, 4) is 0 Å². The quantitative estimate of drug-likeness (QED) is 0.604. The molecular weight excluding hydrogens is 391 g/mol. The molecule has 3 rings (SSSR count). The highest BCUT2D eigenvalue weighted by Crippen LogP contribution is 2.06. The summed E-state index contributed by atoms with van der Waals surface area (Å²) in [6, 6.07) is 15.8. The van der Waals surface area contributed by atoms with Crippen LogP contribution in [0.1, 0.15) is 32.0 Å². The Bertz CT molecular complexity index is 1090. The van der Waals surface area contributed by atoms with Gasteiger partial charge in [-0.05, 0) is 23.3 Å². The maximum Gasteiger partial charge on any atom is 0.358 e. The highest BCUT2D eigenvalue weighted by molar-refractivity contribution is 5.95. The Morgan fingerprint density at radius 2 is 1.73 bits per heavy atom. The van der Waals surface area contributed by atoms with Gasteiger partial charge in [0.25, 0.3) is 5.91 Å². The van der Waals surface area contributed by atoms with E-state index in [2.05, 4.69) is 10.1 Å². The smallest absolute Gasteiger partial charge is 0.358 e. The Hall–Kier alpha value is -3.94. The molecule has 8 heteroatoms. The maximum absolute atomic E-state index is 13.0. The van der Waals surface area contributed by atoms with Crippen LogP contribution >= 0.6 is 0 Å². The number of amides is 1. The number of halogens is 1. The van der Waals surface area contributed by atoms with Crippen LogP contribution in [0, 0.1) is 5.82 Å². The van der Waals surface area contributed by atoms with Gasteiger partial charge < -0.3 is 14.9 Å². The zero-order valence-corrected chi connectivity index (χ0v) is 16.1. The first-order chi connectivity index (χ1) is 14.5. The fourth-order valence-electron chi connectivity index (χ4n) is 2.64. The predicted octanol–water partition coefficient (Wildman–Crippen LogP) is 2.33. The molecule has 1 N–H and O–H groups in total. The average molecular weight is 410 g/mol. The van der Waals surface area contributed by atoms with E-state index < -0.39 is 17.3 Å². The predicted molar refractivity (Wildman–Crippen MR) is 106 cm³/mol. The number of aromatic nitrogens is 1. The molecule has 30 heavy (non-hydrogen) atoms. The lowest BCUT2D eigenvalue weighted by Crippen LogP contribution is -2.32. The van der Waals surface area contributed by atoms with Gasteiger partial charge >= 0.3 is 5.97 Å². The van der Waals surface area contributed by atoms with Crippen molar-refractivity contribution < 1.29 is 23.6 Å². The van der Waals surface area contributed by atoms with Gasteiger partial charge in [0.15, 0.2) is 11.1 Å². The molecule has 0 atom stereocenters. The van der Waals surface area contributed by atoms with Crippen molar-refractivity contribution >= 4 is 11.9 Å². The Morgan fingerprint density at radius 1 is 1.03 bits per heavy atom. The first-order valence-corrected chi connectivity index (χ1v) is 9.03. The molecular formula is C22H19FN2O5. The van der Waals surface area contributed by atoms with Crippen molar-refractivity contribution in [2.45, 2.75) is 13.2 Å². The molecule has 1 aromatic heterocycles. The van der Waals surface area contributed by atoms with Crippen molar-refractivity contribution in [3.63, 3.8) is 0 Å². The normalized spacial score (nSPS) is 10.3. The Kier molecular flexibility index (Phi) is 6.59. The molecule has 1 amide bonds. The third-order valence-electron chi connectivity index (χ3n) is 4.24. The van der Waals surface area contributed by atoms with Gasteiger partial charge in [0, 0.05) is 12.6 Å². The molecule has 154 valence electrons. The number of methoxy groups -OCH3 is 1. The van der Waals surface area contributed by atoms with Crippen LogP contribution in [0.25, 0.3) is 0 Å². The van der Waals surface area contributed by atoms with Crippen LogP contribution in [0.5, 0.6) is 0 Å². The Morgan fingerprint density at radius 3 is 2.40 bits per heavy atom. The van der Waals surface area contributed by atoms with Crippen LogP contribution in [-0.2, 0) is 17.9 Å². The van der Waals surface area contributed by atoms with Gasteiger partial charge in [-0.2, -0.15) is 4.73 Å². The summed E-state index contributed by atoms with van der Waals surface area (Å²) < 4.78 is 18.7. The van der Waals surface area contributed by atoms with Gasteiger partial charge in [-0.3, -0.25) is 9.59 Å². The third-order valence-corrected chi connectivity index (χ3v) is 4.24. The second-order valence-corrected chi connectivity index (χ2v) is 6.32. The second kappa shape index (κ2) is 9.51. The monoisotopic (exact) mass is 410 g/mol. The van der Waals surface area contributed by atoms with Crippen molar-refractivity contribution in [3.05, 3.63) is 105 Å². The lowest BCUT2D eigenvalue weighted by molar-refractivity contribution is 0.0473. The first-order valence-electron chi connectivity index (χ1n) is 9.03. The van der Waals surface area contributed by atoms with Gasteiger partial charge in [-0.15, -0.1) is 0 Å². The maximum atomic E-state index is 13.0. The number of hydrogen-bond acceptors (Lipinski definition) is 5. The molecule has 2 aromatic carbocycles. The highest BCUT2D eigenvalue weighted by Gasteiger charge is 2.19. The van der Waals surface area contributed by atoms with Crippen LogP contribution in [0.15, 0.2) is 71.7 Å². The van der Waals surface area contributed by atoms with Gasteiger partial charge in [0.2, 0.25) is 0 Å². The number of nitrogens with one attached hydrogen (secondary N) is 1. The zero-order chi connectivity index (χ0) is 21.5. The number of benzene rings is 2. The summed E-state index contributed by atoms with van der Waals surface area (Å²) in [4.78, 5) is 42.6. The van der Waals surface area contributed by atoms with Crippen molar-refractivity contribution in [2.75, 3.05) is 7.11 Å². The highest BCUT2D eigenvalue weighted by atomic mass is 19.1. The summed E-state index contributed by atoms with van der Waals surface area (Å²) in [6.45, 7) is 0.201. The van der Waals surface area contributed by atoms with Crippen LogP contribution in [0.2, 0.25) is 0 Å². The number of esters is 1. The number of carbonyl (C=O) groups is 2. The van der Waals surface area contributed by atoms with E-state index in [1.807, 2.05) is 30.3 Å². The molecule has 0 aliphatic heterocycles. The van der Waals surface area contributed by atoms with Crippen molar-refractivity contribution in [2.24, 2.45) is 0 Å². The third kappa shape index (κ3) is 5.11. The molecule has 3 aromatic rings. The Labute approximate surface area is 171 Å². The van der Waals surface area contributed by atoms with E-state index in [0.717, 1.165) is 22.6 Å². The molecule has 0 saturated heterocycles. The van der Waals surface area contributed by atoms with E-state index in [1.54, 1.807) is 0 Å². The molecule has 0 bridgehead atoms. The van der Waals surface area contributed by atoms with Crippen LogP contribution in [0.4, 0.5) is 4.39 Å². The minimum atomic E-state index is -0.779. The number of ether oxygens (including phenoxy) is 1. The summed E-state index contributed by atoms with van der Waals surface area (Å²) in [5, 5.41) is 2.59.